The summed E-state index contributed by atoms with van der Waals surface area (Å²) in [6.45, 7) is 4.81. The predicted octanol–water partition coefficient (Wildman–Crippen LogP) is 4.76. The van der Waals surface area contributed by atoms with Gasteiger partial charge in [0.1, 0.15) is 5.82 Å². The first-order valence-electron chi connectivity index (χ1n) is 15.8. The number of anilines is 1. The average Bonchev–Trinajstić information content (AvgIpc) is 3.86. The number of nitrogens with one attached hydrogen (secondary N) is 3. The topological polar surface area (TPSA) is 140 Å². The molecule has 1 atom stereocenters. The van der Waals surface area contributed by atoms with Gasteiger partial charge in [-0.3, -0.25) is 24.6 Å². The third kappa shape index (κ3) is 8.94. The fourth-order valence-corrected chi connectivity index (χ4v) is 5.97. The van der Waals surface area contributed by atoms with Gasteiger partial charge in [-0.15, -0.1) is 0 Å². The predicted molar refractivity (Wildman–Crippen MR) is 170 cm³/mol. The quantitative estimate of drug-likeness (QED) is 0.133. The number of benzene rings is 1. The number of hydrogen-bond acceptors (Lipinski definition) is 8. The first-order chi connectivity index (χ1) is 23.7. The second-order valence-electron chi connectivity index (χ2n) is 12.0. The van der Waals surface area contributed by atoms with E-state index >= 15 is 0 Å². The van der Waals surface area contributed by atoms with Crippen LogP contribution in [0.1, 0.15) is 57.7 Å². The molecule has 17 heteroatoms. The number of Topliss-reactive ketones (excluding diaryl/α,β-unsaturated/α-hetero) is 2. The number of nitrogens with zero attached hydrogens (tertiary/aromatic N) is 4. The van der Waals surface area contributed by atoms with Gasteiger partial charge in [-0.2, -0.15) is 31.4 Å². The first-order valence-corrected chi connectivity index (χ1v) is 15.8. The number of hydrogen-bond donors (Lipinski definition) is 3. The number of carbonyl (C=O) groups is 4. The highest BCUT2D eigenvalue weighted by Crippen LogP contribution is 2.26. The minimum atomic E-state index is -5.77. The lowest BCUT2D eigenvalue weighted by atomic mass is 10.1. The Morgan fingerprint density at radius 1 is 0.940 bits per heavy atom. The number of hydrazone groups is 1. The van der Waals surface area contributed by atoms with Gasteiger partial charge in [0, 0.05) is 60.8 Å². The Morgan fingerprint density at radius 3 is 2.26 bits per heavy atom. The van der Waals surface area contributed by atoms with Crippen molar-refractivity contribution in [2.24, 2.45) is 5.10 Å². The van der Waals surface area contributed by atoms with Crippen LogP contribution in [0.2, 0.25) is 0 Å². The Morgan fingerprint density at radius 2 is 1.62 bits per heavy atom. The largest absolute Gasteiger partial charge is 0.458 e. The molecule has 0 bridgehead atoms. The molecule has 2 saturated heterocycles. The zero-order valence-corrected chi connectivity index (χ0v) is 26.5. The monoisotopic (exact) mass is 705 g/mol. The Labute approximate surface area is 282 Å². The molecule has 6 rings (SSSR count). The number of aromatic nitrogens is 2. The summed E-state index contributed by atoms with van der Waals surface area (Å²) in [5.41, 5.74) is 8.06. The van der Waals surface area contributed by atoms with Crippen molar-refractivity contribution in [1.82, 2.24) is 25.1 Å². The molecule has 3 aliphatic rings. The summed E-state index contributed by atoms with van der Waals surface area (Å²) in [6.07, 6.45) is -2.60. The number of likely N-dealkylation sites (tertiary alicyclic amines) is 2. The molecule has 0 spiro atoms. The van der Waals surface area contributed by atoms with Crippen LogP contribution in [0, 0.1) is 0 Å². The van der Waals surface area contributed by atoms with Gasteiger partial charge in [-0.1, -0.05) is 12.1 Å². The number of fused-ring (bicyclic) bond motifs is 1. The molecular formula is C33H33F6N7O4. The molecule has 2 fully saturated rings. The molecule has 1 unspecified atom stereocenters. The van der Waals surface area contributed by atoms with Gasteiger partial charge in [0.25, 0.3) is 11.8 Å². The van der Waals surface area contributed by atoms with E-state index in [-0.39, 0.29) is 11.8 Å². The van der Waals surface area contributed by atoms with Gasteiger partial charge in [0.15, 0.2) is 0 Å². The maximum absolute atomic E-state index is 13.2. The summed E-state index contributed by atoms with van der Waals surface area (Å²) in [5, 5.41) is 7.20. The number of aromatic amines is 1. The van der Waals surface area contributed by atoms with Crippen LogP contribution in [-0.4, -0.2) is 100 Å². The van der Waals surface area contributed by atoms with E-state index in [1.165, 1.54) is 12.8 Å². The maximum Gasteiger partial charge on any atom is 0.458 e. The Kier molecular flexibility index (Phi) is 11.0. The number of carbonyl (C=O) groups excluding carboxylic acids is 4. The number of alkyl halides is 6. The van der Waals surface area contributed by atoms with Crippen molar-refractivity contribution >= 4 is 35.4 Å². The highest BCUT2D eigenvalue weighted by molar-refractivity contribution is 6.41. The Balaban J connectivity index is 0.000000349. The zero-order valence-electron chi connectivity index (χ0n) is 26.5. The lowest BCUT2D eigenvalue weighted by Crippen LogP contribution is -2.42. The molecule has 1 aromatic carbocycles. The maximum atomic E-state index is 13.2. The van der Waals surface area contributed by atoms with Crippen LogP contribution in [0.25, 0.3) is 11.3 Å². The molecule has 0 saturated carbocycles. The fourth-order valence-electron chi connectivity index (χ4n) is 5.97. The van der Waals surface area contributed by atoms with E-state index in [2.05, 4.69) is 35.6 Å². The third-order valence-corrected chi connectivity index (χ3v) is 8.45. The van der Waals surface area contributed by atoms with E-state index in [9.17, 15) is 45.5 Å². The first kappa shape index (κ1) is 36.2. The minimum Gasteiger partial charge on any atom is -0.358 e. The second kappa shape index (κ2) is 15.2. The SMILES string of the molecule is O=C(C(=O)C(F)(F)F)C(F)(F)F.O=C1NCCc2[nH]c(-c3ccnc(N/N=C/c4ccc(C(=O)N5CCCC5CN5CCCC5)cc4)c3)cc21. The van der Waals surface area contributed by atoms with Crippen molar-refractivity contribution in [2.45, 2.75) is 50.5 Å². The lowest BCUT2D eigenvalue weighted by molar-refractivity contribution is -0.193. The van der Waals surface area contributed by atoms with Crippen molar-refractivity contribution < 1.29 is 45.5 Å². The lowest BCUT2D eigenvalue weighted by Gasteiger charge is -2.28. The van der Waals surface area contributed by atoms with Gasteiger partial charge in [-0.05, 0) is 74.7 Å². The Hall–Kier alpha value is -5.06. The Bertz CT molecular complexity index is 1720. The molecule has 50 heavy (non-hydrogen) atoms. The molecule has 3 aromatic rings. The van der Waals surface area contributed by atoms with Crippen LogP contribution in [0.3, 0.4) is 0 Å². The summed E-state index contributed by atoms with van der Waals surface area (Å²) in [4.78, 5) is 56.8. The van der Waals surface area contributed by atoms with Crippen LogP contribution in [-0.2, 0) is 16.0 Å². The number of H-pyrrole nitrogens is 1. The molecule has 11 nitrogen and oxygen atoms in total. The minimum absolute atomic E-state index is 0.0409. The summed E-state index contributed by atoms with van der Waals surface area (Å²) in [6, 6.07) is 13.6. The number of ketones is 2. The van der Waals surface area contributed by atoms with Crippen LogP contribution < -0.4 is 10.7 Å². The van der Waals surface area contributed by atoms with Crippen molar-refractivity contribution in [2.75, 3.05) is 38.1 Å². The van der Waals surface area contributed by atoms with Crippen molar-refractivity contribution in [3.8, 4) is 11.3 Å². The molecule has 3 aliphatic heterocycles. The highest BCUT2D eigenvalue weighted by Gasteiger charge is 2.54. The van der Waals surface area contributed by atoms with Crippen LogP contribution in [0.5, 0.6) is 0 Å². The molecule has 0 aliphatic carbocycles. The smallest absolute Gasteiger partial charge is 0.358 e. The van der Waals surface area contributed by atoms with E-state index in [0.717, 1.165) is 73.5 Å². The van der Waals surface area contributed by atoms with E-state index in [1.54, 1.807) is 12.4 Å². The molecule has 3 N–H and O–H groups in total. The number of halogens is 6. The molecule has 5 heterocycles. The summed E-state index contributed by atoms with van der Waals surface area (Å²) in [7, 11) is 0. The number of amides is 2. The van der Waals surface area contributed by atoms with Crippen LogP contribution in [0.15, 0.2) is 53.8 Å². The van der Waals surface area contributed by atoms with E-state index in [0.29, 0.717) is 24.0 Å². The summed E-state index contributed by atoms with van der Waals surface area (Å²) >= 11 is 0. The number of pyridine rings is 1. The fraction of sp³-hybridized carbons (Fsp3) is 0.394. The summed E-state index contributed by atoms with van der Waals surface area (Å²) in [5.74, 6) is -6.13. The second-order valence-corrected chi connectivity index (χ2v) is 12.0. The van der Waals surface area contributed by atoms with Crippen molar-refractivity contribution in [3.05, 3.63) is 71.0 Å². The molecule has 2 amide bonds. The van der Waals surface area contributed by atoms with E-state index in [1.807, 2.05) is 42.5 Å². The van der Waals surface area contributed by atoms with Gasteiger partial charge in [0.05, 0.1) is 11.8 Å². The molecule has 0 radical (unpaired) electrons. The molecule has 266 valence electrons. The normalized spacial score (nSPS) is 18.0. The van der Waals surface area contributed by atoms with Crippen molar-refractivity contribution in [1.29, 1.82) is 0 Å². The highest BCUT2D eigenvalue weighted by atomic mass is 19.4. The molecule has 2 aromatic heterocycles. The number of rotatable bonds is 8. The standard InChI is InChI=1S/C29H33N7O2.C4F6O2/c37-28-24-17-26(33-25(24)10-12-31-28)22-9-11-30-27(16-22)34-32-18-20-5-7-21(8-6-20)29(38)36-15-3-4-23(36)19-35-13-1-2-14-35;5-3(6,7)1(11)2(12)4(8,9)10/h5-9,11,16-18,23,33H,1-4,10,12-15,19H2,(H,30,34)(H,31,37);/b32-18+;. The van der Waals surface area contributed by atoms with E-state index in [4.69, 9.17) is 0 Å². The zero-order chi connectivity index (χ0) is 36.1. The van der Waals surface area contributed by atoms with Crippen LogP contribution >= 0.6 is 0 Å². The third-order valence-electron chi connectivity index (χ3n) is 8.45. The average molecular weight is 706 g/mol. The van der Waals surface area contributed by atoms with Gasteiger partial charge in [-0.25, -0.2) is 4.98 Å². The van der Waals surface area contributed by atoms with Gasteiger partial charge in [0.2, 0.25) is 0 Å². The molecular weight excluding hydrogens is 672 g/mol. The van der Waals surface area contributed by atoms with Gasteiger partial charge >= 0.3 is 23.9 Å². The van der Waals surface area contributed by atoms with Crippen LogP contribution in [0.4, 0.5) is 32.2 Å². The van der Waals surface area contributed by atoms with Gasteiger partial charge < -0.3 is 20.1 Å². The van der Waals surface area contributed by atoms with Crippen molar-refractivity contribution in [3.63, 3.8) is 0 Å². The summed E-state index contributed by atoms with van der Waals surface area (Å²) < 4.78 is 67.0. The van der Waals surface area contributed by atoms with E-state index < -0.39 is 23.9 Å².